The highest BCUT2D eigenvalue weighted by molar-refractivity contribution is 5.81. The fraction of sp³-hybridized carbons (Fsp3) is 0.300. The van der Waals surface area contributed by atoms with Crippen molar-refractivity contribution in [3.63, 3.8) is 0 Å². The van der Waals surface area contributed by atoms with Gasteiger partial charge in [0.15, 0.2) is 0 Å². The van der Waals surface area contributed by atoms with E-state index in [9.17, 15) is 4.39 Å². The fourth-order valence-corrected chi connectivity index (χ4v) is 2.91. The van der Waals surface area contributed by atoms with Crippen LogP contribution in [0.15, 0.2) is 54.7 Å². The van der Waals surface area contributed by atoms with Crippen LogP contribution in [0.4, 0.5) is 4.39 Å². The lowest BCUT2D eigenvalue weighted by molar-refractivity contribution is 0.400. The van der Waals surface area contributed by atoms with Gasteiger partial charge in [-0.25, -0.2) is 4.39 Å². The van der Waals surface area contributed by atoms with Gasteiger partial charge in [-0.1, -0.05) is 24.3 Å². The average Bonchev–Trinajstić information content (AvgIpc) is 2.92. The summed E-state index contributed by atoms with van der Waals surface area (Å²) in [5, 5.41) is 1.25. The highest BCUT2D eigenvalue weighted by Gasteiger charge is 2.04. The molecule has 0 saturated heterocycles. The molecule has 3 rings (SSSR count). The quantitative estimate of drug-likeness (QED) is 0.658. The van der Waals surface area contributed by atoms with E-state index < -0.39 is 0 Å². The Kier molecular flexibility index (Phi) is 4.77. The molecule has 0 atom stereocenters. The van der Waals surface area contributed by atoms with E-state index in [0.717, 1.165) is 31.5 Å². The van der Waals surface area contributed by atoms with E-state index in [2.05, 4.69) is 54.0 Å². The standard InChI is InChI=1S/C20H23FN2/c1-22(2)12-3-4-16-5-8-18-11-13-23(20(18)14-16)15-17-6-9-19(21)10-7-17/h5-11,13-14H,3-4,12,15H2,1-2H3. The Morgan fingerprint density at radius 3 is 2.43 bits per heavy atom. The highest BCUT2D eigenvalue weighted by Crippen LogP contribution is 2.20. The number of benzene rings is 2. The van der Waals surface area contributed by atoms with Crippen LogP contribution in [0.1, 0.15) is 17.5 Å². The van der Waals surface area contributed by atoms with Gasteiger partial charge in [0, 0.05) is 18.3 Å². The minimum Gasteiger partial charge on any atom is -0.343 e. The van der Waals surface area contributed by atoms with Crippen molar-refractivity contribution < 1.29 is 4.39 Å². The monoisotopic (exact) mass is 310 g/mol. The van der Waals surface area contributed by atoms with Crippen LogP contribution in [0.2, 0.25) is 0 Å². The van der Waals surface area contributed by atoms with Crippen LogP contribution >= 0.6 is 0 Å². The zero-order valence-corrected chi connectivity index (χ0v) is 13.8. The van der Waals surface area contributed by atoms with Crippen LogP contribution in [-0.2, 0) is 13.0 Å². The van der Waals surface area contributed by atoms with Crippen molar-refractivity contribution >= 4 is 10.9 Å². The van der Waals surface area contributed by atoms with Crippen molar-refractivity contribution in [1.82, 2.24) is 9.47 Å². The SMILES string of the molecule is CN(C)CCCc1ccc2ccn(Cc3ccc(F)cc3)c2c1. The molecule has 0 aliphatic carbocycles. The molecular formula is C20H23FN2. The third-order valence-electron chi connectivity index (χ3n) is 4.18. The maximum absolute atomic E-state index is 13.0. The third-order valence-corrected chi connectivity index (χ3v) is 4.18. The molecule has 2 aromatic carbocycles. The molecule has 120 valence electrons. The lowest BCUT2D eigenvalue weighted by Crippen LogP contribution is -2.13. The summed E-state index contributed by atoms with van der Waals surface area (Å²) in [6.07, 6.45) is 4.37. The minimum atomic E-state index is -0.186. The lowest BCUT2D eigenvalue weighted by atomic mass is 10.1. The normalized spacial score (nSPS) is 11.5. The Hall–Kier alpha value is -2.13. The molecule has 0 spiro atoms. The summed E-state index contributed by atoms with van der Waals surface area (Å²) in [6.45, 7) is 1.87. The fourth-order valence-electron chi connectivity index (χ4n) is 2.91. The molecule has 0 amide bonds. The Balaban J connectivity index is 1.79. The lowest BCUT2D eigenvalue weighted by Gasteiger charge is -2.10. The average molecular weight is 310 g/mol. The molecular weight excluding hydrogens is 287 g/mol. The first-order valence-electron chi connectivity index (χ1n) is 8.09. The van der Waals surface area contributed by atoms with Crippen molar-refractivity contribution in [2.45, 2.75) is 19.4 Å². The molecule has 0 aliphatic rings. The van der Waals surface area contributed by atoms with E-state index in [1.165, 1.54) is 28.6 Å². The van der Waals surface area contributed by atoms with Gasteiger partial charge in [-0.3, -0.25) is 0 Å². The second-order valence-corrected chi connectivity index (χ2v) is 6.37. The van der Waals surface area contributed by atoms with Gasteiger partial charge in [-0.05, 0) is 74.3 Å². The van der Waals surface area contributed by atoms with Crippen molar-refractivity contribution in [2.75, 3.05) is 20.6 Å². The van der Waals surface area contributed by atoms with Crippen LogP contribution in [0.25, 0.3) is 10.9 Å². The topological polar surface area (TPSA) is 8.17 Å². The molecule has 2 nitrogen and oxygen atoms in total. The molecule has 23 heavy (non-hydrogen) atoms. The van der Waals surface area contributed by atoms with E-state index >= 15 is 0 Å². The Morgan fingerprint density at radius 1 is 0.957 bits per heavy atom. The van der Waals surface area contributed by atoms with Gasteiger partial charge >= 0.3 is 0 Å². The van der Waals surface area contributed by atoms with Crippen LogP contribution in [0, 0.1) is 5.82 Å². The number of nitrogens with zero attached hydrogens (tertiary/aromatic N) is 2. The maximum Gasteiger partial charge on any atom is 0.123 e. The predicted molar refractivity (Wildman–Crippen MR) is 94.3 cm³/mol. The maximum atomic E-state index is 13.0. The summed E-state index contributed by atoms with van der Waals surface area (Å²) in [7, 11) is 4.22. The van der Waals surface area contributed by atoms with Crippen molar-refractivity contribution in [2.24, 2.45) is 0 Å². The molecule has 0 saturated carbocycles. The van der Waals surface area contributed by atoms with Crippen molar-refractivity contribution in [3.8, 4) is 0 Å². The number of aryl methyl sites for hydroxylation is 1. The Labute approximate surface area is 137 Å². The van der Waals surface area contributed by atoms with Crippen LogP contribution in [-0.4, -0.2) is 30.1 Å². The molecule has 0 bridgehead atoms. The van der Waals surface area contributed by atoms with Gasteiger partial charge in [0.25, 0.3) is 0 Å². The number of halogens is 1. The summed E-state index contributed by atoms with van der Waals surface area (Å²) in [6, 6.07) is 15.6. The number of rotatable bonds is 6. The zero-order chi connectivity index (χ0) is 16.2. The highest BCUT2D eigenvalue weighted by atomic mass is 19.1. The molecule has 1 heterocycles. The van der Waals surface area contributed by atoms with Crippen LogP contribution < -0.4 is 0 Å². The van der Waals surface area contributed by atoms with Crippen LogP contribution in [0.3, 0.4) is 0 Å². The molecule has 0 N–H and O–H groups in total. The summed E-state index contributed by atoms with van der Waals surface area (Å²) >= 11 is 0. The van der Waals surface area contributed by atoms with E-state index in [1.807, 2.05) is 12.1 Å². The second-order valence-electron chi connectivity index (χ2n) is 6.37. The first-order valence-corrected chi connectivity index (χ1v) is 8.09. The van der Waals surface area contributed by atoms with E-state index in [1.54, 1.807) is 0 Å². The number of aromatic nitrogens is 1. The zero-order valence-electron chi connectivity index (χ0n) is 13.8. The van der Waals surface area contributed by atoms with Crippen molar-refractivity contribution in [3.05, 3.63) is 71.7 Å². The van der Waals surface area contributed by atoms with Gasteiger partial charge in [0.05, 0.1) is 0 Å². The second kappa shape index (κ2) is 6.97. The van der Waals surface area contributed by atoms with E-state index in [4.69, 9.17) is 0 Å². The Bertz CT molecular complexity index is 772. The summed E-state index contributed by atoms with van der Waals surface area (Å²) in [4.78, 5) is 2.22. The smallest absolute Gasteiger partial charge is 0.123 e. The van der Waals surface area contributed by atoms with Crippen molar-refractivity contribution in [1.29, 1.82) is 0 Å². The molecule has 1 aromatic heterocycles. The molecule has 3 heteroatoms. The Morgan fingerprint density at radius 2 is 1.70 bits per heavy atom. The third kappa shape index (κ3) is 3.99. The van der Waals surface area contributed by atoms with Gasteiger partial charge < -0.3 is 9.47 Å². The summed E-state index contributed by atoms with van der Waals surface area (Å²) < 4.78 is 15.3. The summed E-state index contributed by atoms with van der Waals surface area (Å²) in [5.74, 6) is -0.186. The molecule has 0 radical (unpaired) electrons. The molecule has 3 aromatic rings. The van der Waals surface area contributed by atoms with Gasteiger partial charge in [-0.15, -0.1) is 0 Å². The summed E-state index contributed by atoms with van der Waals surface area (Å²) in [5.41, 5.74) is 3.73. The first kappa shape index (κ1) is 15.8. The minimum absolute atomic E-state index is 0.186. The van der Waals surface area contributed by atoms with E-state index in [-0.39, 0.29) is 5.82 Å². The number of hydrogen-bond donors (Lipinski definition) is 0. The van der Waals surface area contributed by atoms with Gasteiger partial charge in [0.2, 0.25) is 0 Å². The number of fused-ring (bicyclic) bond motifs is 1. The predicted octanol–water partition coefficient (Wildman–Crippen LogP) is 4.32. The molecule has 0 fully saturated rings. The van der Waals surface area contributed by atoms with Gasteiger partial charge in [0.1, 0.15) is 5.82 Å². The van der Waals surface area contributed by atoms with Gasteiger partial charge in [-0.2, -0.15) is 0 Å². The number of hydrogen-bond acceptors (Lipinski definition) is 1. The molecule has 0 unspecified atom stereocenters. The molecule has 0 aliphatic heterocycles. The first-order chi connectivity index (χ1) is 11.1. The largest absolute Gasteiger partial charge is 0.343 e. The van der Waals surface area contributed by atoms with Crippen LogP contribution in [0.5, 0.6) is 0 Å². The van der Waals surface area contributed by atoms with E-state index in [0.29, 0.717) is 0 Å².